The van der Waals surface area contributed by atoms with E-state index in [1.807, 2.05) is 18.2 Å². The van der Waals surface area contributed by atoms with Crippen LogP contribution in [0.4, 0.5) is 0 Å². The number of aliphatic hydroxyl groups is 1. The molecule has 8 heavy (non-hydrogen) atoms. The van der Waals surface area contributed by atoms with Crippen molar-refractivity contribution in [3.05, 3.63) is 24.3 Å². The van der Waals surface area contributed by atoms with Crippen LogP contribution in [0.1, 0.15) is 6.42 Å². The van der Waals surface area contributed by atoms with Crippen molar-refractivity contribution in [2.45, 2.75) is 10.9 Å². The fourth-order valence-corrected chi connectivity index (χ4v) is 0.922. The molecule has 0 unspecified atom stereocenters. The van der Waals surface area contributed by atoms with Gasteiger partial charge in [-0.15, -0.1) is 0 Å². The molecule has 44 valence electrons. The highest BCUT2D eigenvalue weighted by atomic mass is 79.9. The van der Waals surface area contributed by atoms with Crippen molar-refractivity contribution in [1.82, 2.24) is 0 Å². The molecule has 0 bridgehead atoms. The zero-order chi connectivity index (χ0) is 6.04. The highest BCUT2D eigenvalue weighted by Crippen LogP contribution is 2.23. The van der Waals surface area contributed by atoms with Crippen molar-refractivity contribution in [1.29, 1.82) is 0 Å². The molecule has 1 N–H and O–H groups in total. The minimum atomic E-state index is -0.776. The van der Waals surface area contributed by atoms with E-state index in [4.69, 9.17) is 5.11 Å². The average Bonchev–Trinajstić information content (AvgIpc) is 1.65. The molecule has 0 saturated heterocycles. The lowest BCUT2D eigenvalue weighted by Crippen LogP contribution is -2.15. The van der Waals surface area contributed by atoms with E-state index < -0.39 is 4.51 Å². The molecular formula is C6H7BrO. The lowest BCUT2D eigenvalue weighted by atomic mass is 10.1. The Kier molecular flexibility index (Phi) is 1.54. The van der Waals surface area contributed by atoms with Gasteiger partial charge in [0.1, 0.15) is 4.51 Å². The van der Waals surface area contributed by atoms with Gasteiger partial charge in [0.25, 0.3) is 0 Å². The Morgan fingerprint density at radius 3 is 2.50 bits per heavy atom. The fourth-order valence-electron chi connectivity index (χ4n) is 0.583. The highest BCUT2D eigenvalue weighted by molar-refractivity contribution is 9.10. The van der Waals surface area contributed by atoms with E-state index in [1.54, 1.807) is 6.08 Å². The van der Waals surface area contributed by atoms with Crippen LogP contribution in [0.5, 0.6) is 0 Å². The summed E-state index contributed by atoms with van der Waals surface area (Å²) in [5.41, 5.74) is 0. The smallest absolute Gasteiger partial charge is 0.141 e. The molecule has 1 aliphatic carbocycles. The standard InChI is InChI=1S/C6H7BrO/c7-6(8)4-2-1-3-5-6/h1-4,8H,5H2/t6-/m1/s1. The van der Waals surface area contributed by atoms with Crippen molar-refractivity contribution in [3.63, 3.8) is 0 Å². The van der Waals surface area contributed by atoms with E-state index in [-0.39, 0.29) is 0 Å². The summed E-state index contributed by atoms with van der Waals surface area (Å²) < 4.78 is -0.776. The van der Waals surface area contributed by atoms with Crippen molar-refractivity contribution >= 4 is 15.9 Å². The van der Waals surface area contributed by atoms with Gasteiger partial charge in [-0.25, -0.2) is 0 Å². The third kappa shape index (κ3) is 1.46. The van der Waals surface area contributed by atoms with Gasteiger partial charge in [0.15, 0.2) is 0 Å². The third-order valence-corrected chi connectivity index (χ3v) is 1.59. The lowest BCUT2D eigenvalue weighted by Gasteiger charge is -2.15. The summed E-state index contributed by atoms with van der Waals surface area (Å²) in [5, 5.41) is 9.15. The summed E-state index contributed by atoms with van der Waals surface area (Å²) in [7, 11) is 0. The summed E-state index contributed by atoms with van der Waals surface area (Å²) in [6.45, 7) is 0. The first-order valence-electron chi connectivity index (χ1n) is 2.46. The van der Waals surface area contributed by atoms with Crippen LogP contribution in [0.15, 0.2) is 24.3 Å². The third-order valence-electron chi connectivity index (χ3n) is 1.00. The molecule has 0 aromatic rings. The van der Waals surface area contributed by atoms with E-state index in [0.717, 1.165) is 0 Å². The molecule has 0 radical (unpaired) electrons. The quantitative estimate of drug-likeness (QED) is 0.554. The van der Waals surface area contributed by atoms with E-state index in [9.17, 15) is 0 Å². The van der Waals surface area contributed by atoms with Gasteiger partial charge in [0.2, 0.25) is 0 Å². The Balaban J connectivity index is 2.65. The molecule has 0 aliphatic heterocycles. The molecule has 1 nitrogen and oxygen atoms in total. The first kappa shape index (κ1) is 6.05. The minimum absolute atomic E-state index is 0.656. The molecule has 1 aliphatic rings. The van der Waals surface area contributed by atoms with Crippen LogP contribution in [0, 0.1) is 0 Å². The second kappa shape index (κ2) is 2.03. The van der Waals surface area contributed by atoms with Gasteiger partial charge in [-0.05, 0) is 22.0 Å². The first-order valence-corrected chi connectivity index (χ1v) is 3.26. The van der Waals surface area contributed by atoms with Crippen LogP contribution < -0.4 is 0 Å². The van der Waals surface area contributed by atoms with Gasteiger partial charge in [-0.1, -0.05) is 18.2 Å². The van der Waals surface area contributed by atoms with Crippen molar-refractivity contribution in [3.8, 4) is 0 Å². The summed E-state index contributed by atoms with van der Waals surface area (Å²) >= 11 is 3.11. The molecule has 2 heteroatoms. The molecule has 0 spiro atoms. The zero-order valence-electron chi connectivity index (χ0n) is 4.34. The van der Waals surface area contributed by atoms with Crippen molar-refractivity contribution < 1.29 is 5.11 Å². The number of allylic oxidation sites excluding steroid dienone is 2. The van der Waals surface area contributed by atoms with E-state index in [0.29, 0.717) is 6.42 Å². The fraction of sp³-hybridized carbons (Fsp3) is 0.333. The van der Waals surface area contributed by atoms with Gasteiger partial charge < -0.3 is 5.11 Å². The van der Waals surface area contributed by atoms with Crippen LogP contribution in [0.2, 0.25) is 0 Å². The normalized spacial score (nSPS) is 35.8. The van der Waals surface area contributed by atoms with Crippen molar-refractivity contribution in [2.75, 3.05) is 0 Å². The van der Waals surface area contributed by atoms with Gasteiger partial charge in [-0.2, -0.15) is 0 Å². The maximum absolute atomic E-state index is 9.15. The Hall–Kier alpha value is -0.0800. The van der Waals surface area contributed by atoms with E-state index >= 15 is 0 Å². The predicted octanol–water partition coefficient (Wildman–Crippen LogP) is 1.59. The van der Waals surface area contributed by atoms with Gasteiger partial charge >= 0.3 is 0 Å². The van der Waals surface area contributed by atoms with E-state index in [1.165, 1.54) is 0 Å². The molecule has 1 atom stereocenters. The van der Waals surface area contributed by atoms with Crippen LogP contribution in [-0.2, 0) is 0 Å². The number of rotatable bonds is 0. The van der Waals surface area contributed by atoms with Gasteiger partial charge in [0.05, 0.1) is 0 Å². The zero-order valence-corrected chi connectivity index (χ0v) is 5.93. The number of alkyl halides is 1. The van der Waals surface area contributed by atoms with Crippen LogP contribution in [-0.4, -0.2) is 9.62 Å². The van der Waals surface area contributed by atoms with Gasteiger partial charge in [0, 0.05) is 6.42 Å². The van der Waals surface area contributed by atoms with Crippen LogP contribution in [0.3, 0.4) is 0 Å². The molecule has 1 rings (SSSR count). The predicted molar refractivity (Wildman–Crippen MR) is 36.8 cm³/mol. The average molecular weight is 175 g/mol. The monoisotopic (exact) mass is 174 g/mol. The number of halogens is 1. The Morgan fingerprint density at radius 2 is 2.25 bits per heavy atom. The molecule has 0 fully saturated rings. The second-order valence-electron chi connectivity index (χ2n) is 1.81. The molecule has 0 heterocycles. The molecule has 0 aromatic heterocycles. The molecule has 0 aromatic carbocycles. The van der Waals surface area contributed by atoms with Crippen LogP contribution in [0.25, 0.3) is 0 Å². The Labute approximate surface area is 56.8 Å². The summed E-state index contributed by atoms with van der Waals surface area (Å²) in [5.74, 6) is 0. The molecule has 0 amide bonds. The largest absolute Gasteiger partial charge is 0.375 e. The first-order chi connectivity index (χ1) is 3.71. The SMILES string of the molecule is O[C@]1(Br)C=CC=CC1. The lowest BCUT2D eigenvalue weighted by molar-refractivity contribution is 0.197. The minimum Gasteiger partial charge on any atom is -0.375 e. The van der Waals surface area contributed by atoms with Crippen molar-refractivity contribution in [2.24, 2.45) is 0 Å². The van der Waals surface area contributed by atoms with Gasteiger partial charge in [-0.3, -0.25) is 0 Å². The Morgan fingerprint density at radius 1 is 1.50 bits per heavy atom. The summed E-state index contributed by atoms with van der Waals surface area (Å²) in [6, 6.07) is 0. The number of hydrogen-bond donors (Lipinski definition) is 1. The number of hydrogen-bond acceptors (Lipinski definition) is 1. The second-order valence-corrected chi connectivity index (χ2v) is 3.18. The Bertz CT molecular complexity index is 135. The topological polar surface area (TPSA) is 20.2 Å². The summed E-state index contributed by atoms with van der Waals surface area (Å²) in [4.78, 5) is 0. The molecule has 0 saturated carbocycles. The van der Waals surface area contributed by atoms with E-state index in [2.05, 4.69) is 15.9 Å². The maximum atomic E-state index is 9.15. The molecular weight excluding hydrogens is 168 g/mol. The highest BCUT2D eigenvalue weighted by Gasteiger charge is 2.16. The van der Waals surface area contributed by atoms with Crippen LogP contribution >= 0.6 is 15.9 Å². The summed E-state index contributed by atoms with van der Waals surface area (Å²) in [6.07, 6.45) is 8.01. The maximum Gasteiger partial charge on any atom is 0.141 e.